The molecule has 0 radical (unpaired) electrons. The van der Waals surface area contributed by atoms with E-state index in [2.05, 4.69) is 10.3 Å². The van der Waals surface area contributed by atoms with E-state index < -0.39 is 0 Å². The number of hydrogen-bond donors (Lipinski definition) is 1. The maximum absolute atomic E-state index is 13.9. The van der Waals surface area contributed by atoms with Gasteiger partial charge in [-0.15, -0.1) is 0 Å². The summed E-state index contributed by atoms with van der Waals surface area (Å²) in [6, 6.07) is 13.3. The standard InChI is InChI=1S/C20H19FN2O3/c1-13-18(23-20(26-13)16-8-3-4-9-17(16)21)10-11-22-19(24)14-6-5-7-15(12-14)25-2/h3-9,12H,10-11H2,1-2H3,(H,22,24). The highest BCUT2D eigenvalue weighted by Gasteiger charge is 2.15. The number of ether oxygens (including phenoxy) is 1. The van der Waals surface area contributed by atoms with Gasteiger partial charge in [-0.05, 0) is 37.3 Å². The van der Waals surface area contributed by atoms with Crippen molar-refractivity contribution in [2.75, 3.05) is 13.7 Å². The molecule has 3 rings (SSSR count). The van der Waals surface area contributed by atoms with Crippen LogP contribution in [0, 0.1) is 12.7 Å². The first-order valence-electron chi connectivity index (χ1n) is 8.22. The lowest BCUT2D eigenvalue weighted by molar-refractivity contribution is 0.0953. The Morgan fingerprint density at radius 2 is 2.04 bits per heavy atom. The number of hydrogen-bond acceptors (Lipinski definition) is 4. The van der Waals surface area contributed by atoms with Crippen molar-refractivity contribution in [2.24, 2.45) is 0 Å². The zero-order valence-corrected chi connectivity index (χ0v) is 14.6. The summed E-state index contributed by atoms with van der Waals surface area (Å²) in [5, 5.41) is 2.84. The second-order valence-corrected chi connectivity index (χ2v) is 5.74. The van der Waals surface area contributed by atoms with Crippen LogP contribution >= 0.6 is 0 Å². The van der Waals surface area contributed by atoms with Crippen LogP contribution in [-0.2, 0) is 6.42 Å². The van der Waals surface area contributed by atoms with E-state index in [0.717, 1.165) is 0 Å². The molecule has 6 heteroatoms. The zero-order chi connectivity index (χ0) is 18.5. The number of methoxy groups -OCH3 is 1. The van der Waals surface area contributed by atoms with Crippen molar-refractivity contribution in [1.29, 1.82) is 0 Å². The first kappa shape index (κ1) is 17.7. The van der Waals surface area contributed by atoms with E-state index in [1.807, 2.05) is 0 Å². The molecule has 2 aromatic carbocycles. The molecule has 0 atom stereocenters. The quantitative estimate of drug-likeness (QED) is 0.732. The third-order valence-corrected chi connectivity index (χ3v) is 3.98. The summed E-state index contributed by atoms with van der Waals surface area (Å²) >= 11 is 0. The van der Waals surface area contributed by atoms with Gasteiger partial charge in [0.15, 0.2) is 0 Å². The van der Waals surface area contributed by atoms with E-state index in [9.17, 15) is 9.18 Å². The molecule has 0 unspecified atom stereocenters. The number of halogens is 1. The van der Waals surface area contributed by atoms with E-state index in [0.29, 0.717) is 41.3 Å². The smallest absolute Gasteiger partial charge is 0.251 e. The van der Waals surface area contributed by atoms with Crippen molar-refractivity contribution in [3.05, 3.63) is 71.4 Å². The molecule has 1 amide bonds. The van der Waals surface area contributed by atoms with Crippen LogP contribution in [0.3, 0.4) is 0 Å². The summed E-state index contributed by atoms with van der Waals surface area (Å²) in [6.07, 6.45) is 0.486. The van der Waals surface area contributed by atoms with Crippen LogP contribution in [0.5, 0.6) is 5.75 Å². The molecule has 0 spiro atoms. The second-order valence-electron chi connectivity index (χ2n) is 5.74. The van der Waals surface area contributed by atoms with Gasteiger partial charge in [-0.2, -0.15) is 0 Å². The predicted molar refractivity (Wildman–Crippen MR) is 95.7 cm³/mol. The van der Waals surface area contributed by atoms with E-state index in [-0.39, 0.29) is 17.6 Å². The van der Waals surface area contributed by atoms with Crippen LogP contribution in [0.25, 0.3) is 11.5 Å². The average Bonchev–Trinajstić information content (AvgIpc) is 3.02. The lowest BCUT2D eigenvalue weighted by Crippen LogP contribution is -2.25. The Morgan fingerprint density at radius 1 is 1.23 bits per heavy atom. The molecular formula is C20H19FN2O3. The Labute approximate surface area is 150 Å². The fourth-order valence-electron chi connectivity index (χ4n) is 2.57. The number of nitrogens with one attached hydrogen (secondary N) is 1. The number of rotatable bonds is 6. The van der Waals surface area contributed by atoms with Gasteiger partial charge in [-0.3, -0.25) is 4.79 Å². The number of carbonyl (C=O) groups excluding carboxylic acids is 1. The molecule has 0 aliphatic carbocycles. The first-order valence-corrected chi connectivity index (χ1v) is 8.22. The lowest BCUT2D eigenvalue weighted by Gasteiger charge is -2.06. The van der Waals surface area contributed by atoms with Gasteiger partial charge in [0.05, 0.1) is 18.4 Å². The second kappa shape index (κ2) is 7.82. The molecule has 0 saturated heterocycles. The van der Waals surface area contributed by atoms with Gasteiger partial charge in [0.2, 0.25) is 5.89 Å². The van der Waals surface area contributed by atoms with Crippen LogP contribution < -0.4 is 10.1 Å². The molecule has 0 saturated carbocycles. The number of amides is 1. The van der Waals surface area contributed by atoms with E-state index in [1.54, 1.807) is 56.5 Å². The molecule has 1 N–H and O–H groups in total. The van der Waals surface area contributed by atoms with E-state index in [4.69, 9.17) is 9.15 Å². The fraction of sp³-hybridized carbons (Fsp3) is 0.200. The summed E-state index contributed by atoms with van der Waals surface area (Å²) in [5.74, 6) is 0.902. The van der Waals surface area contributed by atoms with Crippen molar-refractivity contribution in [3.63, 3.8) is 0 Å². The van der Waals surface area contributed by atoms with Crippen LogP contribution in [-0.4, -0.2) is 24.5 Å². The van der Waals surface area contributed by atoms with Gasteiger partial charge in [0.25, 0.3) is 5.91 Å². The Balaban J connectivity index is 1.63. The molecule has 1 heterocycles. The van der Waals surface area contributed by atoms with Crippen LogP contribution in [0.4, 0.5) is 4.39 Å². The van der Waals surface area contributed by atoms with Crippen molar-refractivity contribution in [1.82, 2.24) is 10.3 Å². The summed E-state index contributed by atoms with van der Waals surface area (Å²) < 4.78 is 24.5. The number of nitrogens with zero attached hydrogens (tertiary/aromatic N) is 1. The van der Waals surface area contributed by atoms with Gasteiger partial charge >= 0.3 is 0 Å². The summed E-state index contributed by atoms with van der Waals surface area (Å²) in [7, 11) is 1.55. The monoisotopic (exact) mass is 354 g/mol. The van der Waals surface area contributed by atoms with Crippen LogP contribution in [0.15, 0.2) is 52.9 Å². The van der Waals surface area contributed by atoms with E-state index in [1.165, 1.54) is 6.07 Å². The topological polar surface area (TPSA) is 64.4 Å². The number of oxazole rings is 1. The molecule has 0 fully saturated rings. The van der Waals surface area contributed by atoms with Crippen molar-refractivity contribution < 1.29 is 18.3 Å². The van der Waals surface area contributed by atoms with Gasteiger partial charge in [0.1, 0.15) is 17.3 Å². The van der Waals surface area contributed by atoms with Crippen molar-refractivity contribution in [2.45, 2.75) is 13.3 Å². The molecule has 5 nitrogen and oxygen atoms in total. The molecule has 0 aliphatic heterocycles. The van der Waals surface area contributed by atoms with Gasteiger partial charge in [-0.25, -0.2) is 9.37 Å². The van der Waals surface area contributed by atoms with E-state index >= 15 is 0 Å². The van der Waals surface area contributed by atoms with Crippen molar-refractivity contribution in [3.8, 4) is 17.2 Å². The minimum absolute atomic E-state index is 0.195. The van der Waals surface area contributed by atoms with Crippen LogP contribution in [0.1, 0.15) is 21.8 Å². The zero-order valence-electron chi connectivity index (χ0n) is 14.6. The summed E-state index contributed by atoms with van der Waals surface area (Å²) in [4.78, 5) is 16.6. The minimum Gasteiger partial charge on any atom is -0.497 e. The minimum atomic E-state index is -0.383. The third-order valence-electron chi connectivity index (χ3n) is 3.98. The normalized spacial score (nSPS) is 10.6. The SMILES string of the molecule is COc1cccc(C(=O)NCCc2nc(-c3ccccc3F)oc2C)c1. The highest BCUT2D eigenvalue weighted by atomic mass is 19.1. The fourth-order valence-corrected chi connectivity index (χ4v) is 2.57. The van der Waals surface area contributed by atoms with Gasteiger partial charge in [-0.1, -0.05) is 18.2 Å². The maximum atomic E-state index is 13.9. The number of benzene rings is 2. The summed E-state index contributed by atoms with van der Waals surface area (Å²) in [6.45, 7) is 2.16. The Morgan fingerprint density at radius 3 is 2.81 bits per heavy atom. The molecule has 0 bridgehead atoms. The van der Waals surface area contributed by atoms with Crippen LogP contribution in [0.2, 0.25) is 0 Å². The summed E-state index contributed by atoms with van der Waals surface area (Å²) in [5.41, 5.74) is 1.53. The Bertz CT molecular complexity index is 921. The third kappa shape index (κ3) is 3.91. The molecule has 3 aromatic rings. The lowest BCUT2D eigenvalue weighted by atomic mass is 10.2. The molecule has 0 aliphatic rings. The predicted octanol–water partition coefficient (Wildman–Crippen LogP) is 3.77. The Hall–Kier alpha value is -3.15. The highest BCUT2D eigenvalue weighted by molar-refractivity contribution is 5.94. The Kier molecular flexibility index (Phi) is 5.31. The number of carbonyl (C=O) groups is 1. The molecule has 26 heavy (non-hydrogen) atoms. The largest absolute Gasteiger partial charge is 0.497 e. The molecule has 1 aromatic heterocycles. The number of aromatic nitrogens is 1. The van der Waals surface area contributed by atoms with Gasteiger partial charge < -0.3 is 14.5 Å². The number of aryl methyl sites for hydroxylation is 1. The average molecular weight is 354 g/mol. The first-order chi connectivity index (χ1) is 12.6. The molecule has 134 valence electrons. The highest BCUT2D eigenvalue weighted by Crippen LogP contribution is 2.24. The van der Waals surface area contributed by atoms with Gasteiger partial charge in [0, 0.05) is 18.5 Å². The van der Waals surface area contributed by atoms with Crippen molar-refractivity contribution >= 4 is 5.91 Å². The maximum Gasteiger partial charge on any atom is 0.251 e. The molecular weight excluding hydrogens is 335 g/mol.